The number of hydrogen-bond donors (Lipinski definition) is 2. The van der Waals surface area contributed by atoms with Gasteiger partial charge in [0.2, 0.25) is 0 Å². The summed E-state index contributed by atoms with van der Waals surface area (Å²) in [7, 11) is 0. The molecule has 1 aliphatic heterocycles. The topological polar surface area (TPSA) is 66.8 Å². The van der Waals surface area contributed by atoms with E-state index in [4.69, 9.17) is 4.74 Å². The van der Waals surface area contributed by atoms with Gasteiger partial charge in [0.15, 0.2) is 0 Å². The average Bonchev–Trinajstić information content (AvgIpc) is 2.69. The fraction of sp³-hybridized carbons (Fsp3) is 0.800. The number of fused-ring (bicyclic) bond motifs is 1. The Bertz CT molecular complexity index is 445. The smallest absolute Gasteiger partial charge is 0.315 e. The molecule has 4 nitrogen and oxygen atoms in total. The molecule has 2 saturated carbocycles. The molecule has 3 fully saturated rings. The largest absolute Gasteiger partial charge is 0.458 e. The first-order valence-electron chi connectivity index (χ1n) is 7.07. The molecule has 3 rings (SSSR count). The van der Waals surface area contributed by atoms with Crippen molar-refractivity contribution in [2.45, 2.75) is 57.8 Å². The number of rotatable bonds is 1. The second-order valence-corrected chi connectivity index (χ2v) is 6.75. The Hall–Kier alpha value is -0.870. The third kappa shape index (κ3) is 1.34. The molecule has 6 atom stereocenters. The summed E-state index contributed by atoms with van der Waals surface area (Å²) in [6.45, 7) is 7.81. The number of ether oxygens (including phenoxy) is 1. The first-order valence-corrected chi connectivity index (χ1v) is 7.07. The first-order chi connectivity index (χ1) is 8.84. The Morgan fingerprint density at radius 2 is 2.05 bits per heavy atom. The van der Waals surface area contributed by atoms with Crippen LogP contribution in [0.15, 0.2) is 12.2 Å². The van der Waals surface area contributed by atoms with Gasteiger partial charge in [-0.05, 0) is 32.6 Å². The fourth-order valence-electron chi connectivity index (χ4n) is 4.62. The molecule has 4 heteroatoms. The van der Waals surface area contributed by atoms with Gasteiger partial charge in [0.05, 0.1) is 6.10 Å². The Labute approximate surface area is 113 Å². The Balaban J connectivity index is 2.12. The number of aliphatic hydroxyl groups is 2. The molecule has 0 aromatic rings. The summed E-state index contributed by atoms with van der Waals surface area (Å²) in [5.41, 5.74) is -0.559. The van der Waals surface area contributed by atoms with E-state index in [9.17, 15) is 15.0 Å². The number of aliphatic hydroxyl groups excluding tert-OH is 2. The van der Waals surface area contributed by atoms with Gasteiger partial charge in [-0.2, -0.15) is 0 Å². The van der Waals surface area contributed by atoms with E-state index in [0.717, 1.165) is 18.4 Å². The molecule has 0 radical (unpaired) electrons. The van der Waals surface area contributed by atoms with Gasteiger partial charge >= 0.3 is 5.97 Å². The van der Waals surface area contributed by atoms with Gasteiger partial charge in [0.25, 0.3) is 0 Å². The molecular formula is C15H22O4. The molecule has 0 aromatic heterocycles. The van der Waals surface area contributed by atoms with Crippen LogP contribution in [0.25, 0.3) is 0 Å². The molecule has 2 bridgehead atoms. The molecule has 3 aliphatic rings. The van der Waals surface area contributed by atoms with Crippen molar-refractivity contribution in [2.24, 2.45) is 16.7 Å². The molecule has 2 N–H and O–H groups in total. The molecule has 1 heterocycles. The Morgan fingerprint density at radius 1 is 1.37 bits per heavy atom. The lowest BCUT2D eigenvalue weighted by Gasteiger charge is -2.40. The number of hydrogen-bond acceptors (Lipinski definition) is 4. The second kappa shape index (κ2) is 3.83. The lowest BCUT2D eigenvalue weighted by molar-refractivity contribution is -0.160. The monoisotopic (exact) mass is 266 g/mol. The zero-order chi connectivity index (χ0) is 14.0. The van der Waals surface area contributed by atoms with Gasteiger partial charge in [-0.15, -0.1) is 0 Å². The Morgan fingerprint density at radius 3 is 2.68 bits per heavy atom. The van der Waals surface area contributed by atoms with E-state index in [2.05, 4.69) is 6.58 Å². The summed E-state index contributed by atoms with van der Waals surface area (Å²) in [6.07, 6.45) is 0.756. The summed E-state index contributed by atoms with van der Waals surface area (Å²) in [5, 5.41) is 21.1. The molecule has 19 heavy (non-hydrogen) atoms. The van der Waals surface area contributed by atoms with Gasteiger partial charge in [0.1, 0.15) is 17.6 Å². The summed E-state index contributed by atoms with van der Waals surface area (Å²) < 4.78 is 5.51. The van der Waals surface area contributed by atoms with Crippen molar-refractivity contribution in [3.05, 3.63) is 12.2 Å². The van der Waals surface area contributed by atoms with Crippen molar-refractivity contribution in [3.8, 4) is 0 Å². The van der Waals surface area contributed by atoms with Crippen LogP contribution < -0.4 is 0 Å². The minimum atomic E-state index is -0.915. The van der Waals surface area contributed by atoms with Gasteiger partial charge < -0.3 is 14.9 Å². The molecule has 0 amide bonds. The van der Waals surface area contributed by atoms with Gasteiger partial charge in [-0.3, -0.25) is 4.79 Å². The normalized spacial score (nSPS) is 52.5. The van der Waals surface area contributed by atoms with Crippen LogP contribution in [0.5, 0.6) is 0 Å². The highest BCUT2D eigenvalue weighted by Gasteiger charge is 2.72. The van der Waals surface area contributed by atoms with E-state index in [1.54, 1.807) is 0 Å². The molecule has 0 aromatic carbocycles. The highest BCUT2D eigenvalue weighted by Crippen LogP contribution is 2.64. The predicted molar refractivity (Wildman–Crippen MR) is 69.2 cm³/mol. The summed E-state index contributed by atoms with van der Waals surface area (Å²) in [4.78, 5) is 12.4. The highest BCUT2D eigenvalue weighted by atomic mass is 16.6. The van der Waals surface area contributed by atoms with Crippen molar-refractivity contribution in [1.29, 1.82) is 0 Å². The minimum Gasteiger partial charge on any atom is -0.458 e. The minimum absolute atomic E-state index is 0.00653. The Kier molecular flexibility index (Phi) is 2.64. The number of carbonyl (C=O) groups excluding carboxylic acids is 1. The average molecular weight is 266 g/mol. The van der Waals surface area contributed by atoms with E-state index in [1.807, 2.05) is 13.8 Å². The molecule has 106 valence electrons. The molecule has 1 spiro atoms. The lowest BCUT2D eigenvalue weighted by Crippen LogP contribution is -2.50. The SMILES string of the molecule is C=C(C)[C@H]1CC[C@]2(C)[C@@H](O)CC[C@@]23C(=O)O[C@@H]1[C@@H]3O. The molecule has 1 saturated heterocycles. The molecule has 0 unspecified atom stereocenters. The van der Waals surface area contributed by atoms with Gasteiger partial charge in [0, 0.05) is 11.3 Å². The van der Waals surface area contributed by atoms with Crippen molar-refractivity contribution in [1.82, 2.24) is 0 Å². The molecule has 2 aliphatic carbocycles. The number of esters is 1. The predicted octanol–water partition coefficient (Wildman–Crippen LogP) is 1.41. The van der Waals surface area contributed by atoms with Crippen LogP contribution in [0.1, 0.15) is 39.5 Å². The second-order valence-electron chi connectivity index (χ2n) is 6.75. The number of carbonyl (C=O) groups is 1. The van der Waals surface area contributed by atoms with Crippen LogP contribution in [0.4, 0.5) is 0 Å². The van der Waals surface area contributed by atoms with Crippen LogP contribution in [-0.4, -0.2) is 34.5 Å². The summed E-state index contributed by atoms with van der Waals surface area (Å²) in [6, 6.07) is 0. The van der Waals surface area contributed by atoms with Crippen molar-refractivity contribution in [2.75, 3.05) is 0 Å². The van der Waals surface area contributed by atoms with E-state index < -0.39 is 29.1 Å². The van der Waals surface area contributed by atoms with E-state index >= 15 is 0 Å². The maximum Gasteiger partial charge on any atom is 0.315 e. The molecular weight excluding hydrogens is 244 g/mol. The van der Waals surface area contributed by atoms with Gasteiger partial charge in [-0.25, -0.2) is 0 Å². The van der Waals surface area contributed by atoms with Crippen LogP contribution in [-0.2, 0) is 9.53 Å². The van der Waals surface area contributed by atoms with Crippen molar-refractivity contribution >= 4 is 5.97 Å². The van der Waals surface area contributed by atoms with Crippen LogP contribution in [0.3, 0.4) is 0 Å². The van der Waals surface area contributed by atoms with Crippen molar-refractivity contribution < 1.29 is 19.7 Å². The maximum absolute atomic E-state index is 12.4. The summed E-state index contributed by atoms with van der Waals surface area (Å²) >= 11 is 0. The van der Waals surface area contributed by atoms with E-state index in [-0.39, 0.29) is 11.9 Å². The first kappa shape index (κ1) is 13.1. The third-order valence-electron chi connectivity index (χ3n) is 5.99. The van der Waals surface area contributed by atoms with Crippen LogP contribution >= 0.6 is 0 Å². The zero-order valence-corrected chi connectivity index (χ0v) is 11.6. The van der Waals surface area contributed by atoms with E-state index in [1.165, 1.54) is 0 Å². The standard InChI is InChI=1S/C15H22O4/c1-8(2)9-4-6-14(3)10(16)5-7-15(14)12(17)11(9)19-13(15)18/h9-12,16-17H,1,4-7H2,2-3H3/t9-,10+,11+,12+,14-,15-/m1/s1. The zero-order valence-electron chi connectivity index (χ0n) is 11.6. The fourth-order valence-corrected chi connectivity index (χ4v) is 4.62. The van der Waals surface area contributed by atoms with Crippen LogP contribution in [0.2, 0.25) is 0 Å². The lowest BCUT2D eigenvalue weighted by atomic mass is 9.62. The van der Waals surface area contributed by atoms with E-state index in [0.29, 0.717) is 12.8 Å². The van der Waals surface area contributed by atoms with Gasteiger partial charge in [-0.1, -0.05) is 19.1 Å². The van der Waals surface area contributed by atoms with Crippen molar-refractivity contribution in [3.63, 3.8) is 0 Å². The third-order valence-corrected chi connectivity index (χ3v) is 5.99. The highest BCUT2D eigenvalue weighted by molar-refractivity contribution is 5.82. The summed E-state index contributed by atoms with van der Waals surface area (Å²) in [5.74, 6) is -0.331. The van der Waals surface area contributed by atoms with Crippen LogP contribution in [0, 0.1) is 16.7 Å². The maximum atomic E-state index is 12.4. The quantitative estimate of drug-likeness (QED) is 0.556.